The van der Waals surface area contributed by atoms with Gasteiger partial charge in [-0.3, -0.25) is 5.10 Å². The molecule has 0 radical (unpaired) electrons. The van der Waals surface area contributed by atoms with E-state index < -0.39 is 0 Å². The Morgan fingerprint density at radius 1 is 1.26 bits per heavy atom. The van der Waals surface area contributed by atoms with Gasteiger partial charge >= 0.3 is 0 Å². The molecule has 0 unspecified atom stereocenters. The van der Waals surface area contributed by atoms with Gasteiger partial charge in [-0.05, 0) is 42.7 Å². The van der Waals surface area contributed by atoms with Gasteiger partial charge in [-0.1, -0.05) is 37.8 Å². The summed E-state index contributed by atoms with van der Waals surface area (Å²) in [4.78, 5) is 0.736. The topological polar surface area (TPSA) is 81.0 Å². The van der Waals surface area contributed by atoms with Crippen molar-refractivity contribution in [1.82, 2.24) is 30.0 Å². The summed E-state index contributed by atoms with van der Waals surface area (Å²) in [5, 5.41) is 21.5. The van der Waals surface area contributed by atoms with Gasteiger partial charge in [0.15, 0.2) is 0 Å². The Balaban J connectivity index is 1.62. The fourth-order valence-electron chi connectivity index (χ4n) is 2.76. The standard InChI is InChI=1S/C19H20N6OS/c1-4-9-26-15-7-5-13(6-8-15)18-24-25-17(22-23-19(25)27-18)16-11-14(20-21-16)10-12(2)3/h4-8,11-12H,1,9-10H2,2-3H3,(H,20,21). The van der Waals surface area contributed by atoms with Gasteiger partial charge in [0.05, 0.1) is 0 Å². The van der Waals surface area contributed by atoms with Crippen molar-refractivity contribution in [3.05, 3.63) is 48.7 Å². The molecule has 0 aliphatic carbocycles. The summed E-state index contributed by atoms with van der Waals surface area (Å²) >= 11 is 1.49. The number of benzene rings is 1. The summed E-state index contributed by atoms with van der Waals surface area (Å²) in [5.41, 5.74) is 2.84. The van der Waals surface area contributed by atoms with E-state index in [1.54, 1.807) is 10.6 Å². The molecular weight excluding hydrogens is 360 g/mol. The Kier molecular flexibility index (Phi) is 4.72. The minimum absolute atomic E-state index is 0.488. The first-order chi connectivity index (χ1) is 13.1. The second-order valence-corrected chi connectivity index (χ2v) is 7.58. The predicted molar refractivity (Wildman–Crippen MR) is 106 cm³/mol. The maximum absolute atomic E-state index is 5.52. The monoisotopic (exact) mass is 380 g/mol. The van der Waals surface area contributed by atoms with Gasteiger partial charge < -0.3 is 4.74 Å². The molecule has 7 nitrogen and oxygen atoms in total. The zero-order valence-electron chi connectivity index (χ0n) is 15.2. The largest absolute Gasteiger partial charge is 0.490 e. The maximum atomic E-state index is 5.52. The zero-order chi connectivity index (χ0) is 18.8. The highest BCUT2D eigenvalue weighted by atomic mass is 32.1. The summed E-state index contributed by atoms with van der Waals surface area (Å²) in [5.74, 6) is 2.00. The second kappa shape index (κ2) is 7.32. The first kappa shape index (κ1) is 17.4. The summed E-state index contributed by atoms with van der Waals surface area (Å²) in [6.07, 6.45) is 2.66. The van der Waals surface area contributed by atoms with Crippen molar-refractivity contribution in [1.29, 1.82) is 0 Å². The number of nitrogens with zero attached hydrogens (tertiary/aromatic N) is 5. The molecule has 0 bridgehead atoms. The van der Waals surface area contributed by atoms with E-state index in [4.69, 9.17) is 4.74 Å². The lowest BCUT2D eigenvalue weighted by molar-refractivity contribution is 0.363. The Morgan fingerprint density at radius 2 is 2.07 bits per heavy atom. The number of H-pyrrole nitrogens is 1. The third-order valence-corrected chi connectivity index (χ3v) is 4.90. The lowest BCUT2D eigenvalue weighted by atomic mass is 10.1. The van der Waals surface area contributed by atoms with E-state index in [0.717, 1.165) is 39.1 Å². The highest BCUT2D eigenvalue weighted by Gasteiger charge is 2.17. The van der Waals surface area contributed by atoms with Crippen molar-refractivity contribution in [2.24, 2.45) is 5.92 Å². The molecular formula is C19H20N6OS. The molecule has 0 aliphatic heterocycles. The molecule has 138 valence electrons. The minimum Gasteiger partial charge on any atom is -0.490 e. The van der Waals surface area contributed by atoms with Crippen molar-refractivity contribution in [3.8, 4) is 27.8 Å². The molecule has 1 N–H and O–H groups in total. The van der Waals surface area contributed by atoms with Crippen LogP contribution < -0.4 is 4.74 Å². The molecule has 0 spiro atoms. The van der Waals surface area contributed by atoms with Gasteiger partial charge in [-0.25, -0.2) is 0 Å². The van der Waals surface area contributed by atoms with Crippen molar-refractivity contribution >= 4 is 16.3 Å². The fraction of sp³-hybridized carbons (Fsp3) is 0.263. The second-order valence-electron chi connectivity index (χ2n) is 6.63. The zero-order valence-corrected chi connectivity index (χ0v) is 16.0. The third-order valence-electron chi connectivity index (χ3n) is 3.95. The molecule has 27 heavy (non-hydrogen) atoms. The van der Waals surface area contributed by atoms with Crippen molar-refractivity contribution < 1.29 is 4.74 Å². The lowest BCUT2D eigenvalue weighted by Gasteiger charge is -2.03. The number of aromatic nitrogens is 6. The van der Waals surface area contributed by atoms with Crippen LogP contribution in [0.3, 0.4) is 0 Å². The lowest BCUT2D eigenvalue weighted by Crippen LogP contribution is -1.93. The Hall–Kier alpha value is -3.00. The van der Waals surface area contributed by atoms with Gasteiger partial charge in [-0.2, -0.15) is 14.7 Å². The smallest absolute Gasteiger partial charge is 0.235 e. The molecule has 0 saturated heterocycles. The van der Waals surface area contributed by atoms with Crippen LogP contribution in [0.2, 0.25) is 0 Å². The Bertz CT molecular complexity index is 1060. The molecule has 4 aromatic rings. The third kappa shape index (κ3) is 3.61. The van der Waals surface area contributed by atoms with Crippen LogP contribution in [0.5, 0.6) is 5.75 Å². The normalized spacial score (nSPS) is 11.4. The van der Waals surface area contributed by atoms with E-state index in [2.05, 4.69) is 45.9 Å². The van der Waals surface area contributed by atoms with Crippen molar-refractivity contribution in [3.63, 3.8) is 0 Å². The van der Waals surface area contributed by atoms with E-state index in [-0.39, 0.29) is 0 Å². The first-order valence-corrected chi connectivity index (χ1v) is 9.56. The number of fused-ring (bicyclic) bond motifs is 1. The molecule has 0 aliphatic rings. The number of aromatic amines is 1. The Morgan fingerprint density at radius 3 is 2.81 bits per heavy atom. The van der Waals surface area contributed by atoms with E-state index in [0.29, 0.717) is 18.3 Å². The average molecular weight is 380 g/mol. The fourth-order valence-corrected chi connectivity index (χ4v) is 3.61. The van der Waals surface area contributed by atoms with Gasteiger partial charge in [0.2, 0.25) is 10.8 Å². The van der Waals surface area contributed by atoms with Crippen LogP contribution >= 0.6 is 11.3 Å². The van der Waals surface area contributed by atoms with Crippen LogP contribution in [0.1, 0.15) is 19.5 Å². The van der Waals surface area contributed by atoms with Crippen LogP contribution in [0.15, 0.2) is 43.0 Å². The first-order valence-electron chi connectivity index (χ1n) is 8.75. The number of ether oxygens (including phenoxy) is 1. The maximum Gasteiger partial charge on any atom is 0.235 e. The van der Waals surface area contributed by atoms with Crippen LogP contribution in [-0.2, 0) is 6.42 Å². The molecule has 1 aromatic carbocycles. The number of nitrogens with one attached hydrogen (secondary N) is 1. The van der Waals surface area contributed by atoms with Gasteiger partial charge in [0, 0.05) is 11.3 Å². The number of hydrogen-bond acceptors (Lipinski definition) is 6. The molecule has 3 heterocycles. The highest BCUT2D eigenvalue weighted by molar-refractivity contribution is 7.19. The van der Waals surface area contributed by atoms with E-state index in [1.807, 2.05) is 30.3 Å². The van der Waals surface area contributed by atoms with E-state index in [9.17, 15) is 0 Å². The predicted octanol–water partition coefficient (Wildman–Crippen LogP) is 4.01. The molecule has 4 rings (SSSR count). The molecule has 3 aromatic heterocycles. The van der Waals surface area contributed by atoms with E-state index >= 15 is 0 Å². The average Bonchev–Trinajstić information content (AvgIpc) is 3.35. The SMILES string of the molecule is C=CCOc1ccc(-c2nn3c(-c4cc(CC(C)C)[nH]n4)nnc3s2)cc1. The summed E-state index contributed by atoms with van der Waals surface area (Å²) in [6, 6.07) is 9.83. The van der Waals surface area contributed by atoms with Crippen molar-refractivity contribution in [2.75, 3.05) is 6.61 Å². The molecule has 0 amide bonds. The van der Waals surface area contributed by atoms with Gasteiger partial charge in [0.1, 0.15) is 23.1 Å². The minimum atomic E-state index is 0.488. The molecule has 8 heteroatoms. The molecule has 0 fully saturated rings. The number of hydrogen-bond donors (Lipinski definition) is 1. The van der Waals surface area contributed by atoms with Gasteiger partial charge in [0.25, 0.3) is 0 Å². The summed E-state index contributed by atoms with van der Waals surface area (Å²) in [6.45, 7) is 8.49. The van der Waals surface area contributed by atoms with Crippen LogP contribution in [0.25, 0.3) is 27.1 Å². The van der Waals surface area contributed by atoms with Gasteiger partial charge in [-0.15, -0.1) is 10.2 Å². The van der Waals surface area contributed by atoms with Crippen LogP contribution in [-0.4, -0.2) is 36.6 Å². The van der Waals surface area contributed by atoms with Crippen LogP contribution in [0, 0.1) is 5.92 Å². The summed E-state index contributed by atoms with van der Waals surface area (Å²) in [7, 11) is 0. The summed E-state index contributed by atoms with van der Waals surface area (Å²) < 4.78 is 7.27. The van der Waals surface area contributed by atoms with Crippen molar-refractivity contribution in [2.45, 2.75) is 20.3 Å². The highest BCUT2D eigenvalue weighted by Crippen LogP contribution is 2.29. The molecule has 0 atom stereocenters. The van der Waals surface area contributed by atoms with E-state index in [1.165, 1.54) is 11.3 Å². The quantitative estimate of drug-likeness (QED) is 0.490. The Labute approximate surface area is 160 Å². The van der Waals surface area contributed by atoms with Crippen LogP contribution in [0.4, 0.5) is 0 Å². The number of rotatable bonds is 7. The molecule has 0 saturated carbocycles.